The smallest absolute Gasteiger partial charge is 0.469 e. The van der Waals surface area contributed by atoms with Gasteiger partial charge in [0, 0.05) is 19.6 Å². The van der Waals surface area contributed by atoms with E-state index in [9.17, 15) is 14.3 Å². The number of unbranched alkanes of at least 4 members (excludes halogenated alkanes) is 12. The normalized spacial score (nSPS) is 14.8. The highest BCUT2D eigenvalue weighted by Gasteiger charge is 2.24. The molecule has 9 nitrogen and oxygen atoms in total. The molecule has 3 atom stereocenters. The van der Waals surface area contributed by atoms with Gasteiger partial charge < -0.3 is 24.8 Å². The first-order chi connectivity index (χ1) is 17.8. The van der Waals surface area contributed by atoms with Crippen molar-refractivity contribution in [1.82, 2.24) is 0 Å². The van der Waals surface area contributed by atoms with E-state index >= 15 is 0 Å². The Morgan fingerprint density at radius 2 is 1.41 bits per heavy atom. The molecule has 0 bridgehead atoms. The van der Waals surface area contributed by atoms with Gasteiger partial charge in [0.25, 0.3) is 0 Å². The van der Waals surface area contributed by atoms with Crippen molar-refractivity contribution in [2.24, 2.45) is 5.73 Å². The van der Waals surface area contributed by atoms with E-state index in [4.69, 9.17) is 24.3 Å². The van der Waals surface area contributed by atoms with Gasteiger partial charge in [0.05, 0.1) is 33.0 Å². The maximum Gasteiger partial charge on any atom is 0.472 e. The molecule has 0 radical (unpaired) electrons. The van der Waals surface area contributed by atoms with Crippen LogP contribution >= 0.6 is 7.82 Å². The summed E-state index contributed by atoms with van der Waals surface area (Å²) in [7, 11) is -2.83. The molecule has 0 aromatic heterocycles. The summed E-state index contributed by atoms with van der Waals surface area (Å²) in [4.78, 5) is 21.0. The maximum absolute atomic E-state index is 11.9. The second-order valence-electron chi connectivity index (χ2n) is 9.73. The lowest BCUT2D eigenvalue weighted by Gasteiger charge is -2.22. The molecule has 2 unspecified atom stereocenters. The first-order valence-electron chi connectivity index (χ1n) is 14.5. The third-order valence-electron chi connectivity index (χ3n) is 6.18. The van der Waals surface area contributed by atoms with Gasteiger partial charge in [0.1, 0.15) is 6.10 Å². The minimum atomic E-state index is -4.19. The highest BCUT2D eigenvalue weighted by atomic mass is 31.2. The second kappa shape index (κ2) is 25.7. The van der Waals surface area contributed by atoms with Crippen molar-refractivity contribution in [2.75, 3.05) is 40.1 Å². The van der Waals surface area contributed by atoms with Gasteiger partial charge in [-0.3, -0.25) is 13.8 Å². The molecule has 0 aromatic rings. The van der Waals surface area contributed by atoms with Gasteiger partial charge >= 0.3 is 13.8 Å². The first-order valence-corrected chi connectivity index (χ1v) is 16.0. The third kappa shape index (κ3) is 25.5. The van der Waals surface area contributed by atoms with Crippen LogP contribution in [0, 0.1) is 0 Å². The fraction of sp³-hybridized carbons (Fsp3) is 0.963. The van der Waals surface area contributed by atoms with E-state index in [1.165, 1.54) is 77.7 Å². The second-order valence-corrected chi connectivity index (χ2v) is 11.2. The predicted molar refractivity (Wildman–Crippen MR) is 147 cm³/mol. The van der Waals surface area contributed by atoms with E-state index in [1.54, 1.807) is 0 Å². The van der Waals surface area contributed by atoms with E-state index in [-0.39, 0.29) is 38.4 Å². The average Bonchev–Trinajstić information content (AvgIpc) is 2.88. The summed E-state index contributed by atoms with van der Waals surface area (Å²) < 4.78 is 38.2. The molecule has 0 aliphatic rings. The van der Waals surface area contributed by atoms with Gasteiger partial charge in [-0.25, -0.2) is 4.57 Å². The number of methoxy groups -OCH3 is 1. The van der Waals surface area contributed by atoms with Crippen molar-refractivity contribution < 1.29 is 37.5 Å². The predicted octanol–water partition coefficient (Wildman–Crippen LogP) is 6.30. The Hall–Kier alpha value is -0.540. The molecule has 0 aliphatic heterocycles. The van der Waals surface area contributed by atoms with Crippen LogP contribution in [0.15, 0.2) is 0 Å². The van der Waals surface area contributed by atoms with E-state index in [0.717, 1.165) is 12.8 Å². The molecule has 0 fully saturated rings. The first kappa shape index (κ1) is 36.5. The van der Waals surface area contributed by atoms with Crippen LogP contribution in [-0.2, 0) is 32.6 Å². The highest BCUT2D eigenvalue weighted by molar-refractivity contribution is 7.47. The Balaban J connectivity index is 4.10. The fourth-order valence-corrected chi connectivity index (χ4v) is 4.64. The summed E-state index contributed by atoms with van der Waals surface area (Å²) in [6, 6.07) is 0. The molecule has 0 rings (SSSR count). The van der Waals surface area contributed by atoms with Gasteiger partial charge in [-0.15, -0.1) is 0 Å². The number of ether oxygens (including phenoxy) is 3. The SMILES string of the molecule is CCCCCCCCCCCCCCC(C)OC[C@H](COP(=O)(O)OCCN)OCCCCC(=O)OC. The summed E-state index contributed by atoms with van der Waals surface area (Å²) in [5, 5.41) is 0. The number of carbonyl (C=O) groups excluding carboxylic acids is 1. The molecule has 0 aliphatic carbocycles. The molecular weight excluding hydrogens is 497 g/mol. The number of phosphoric acid groups is 1. The summed E-state index contributed by atoms with van der Waals surface area (Å²) >= 11 is 0. The Labute approximate surface area is 226 Å². The molecule has 0 saturated heterocycles. The summed E-state index contributed by atoms with van der Waals surface area (Å²) in [6.07, 6.45) is 17.9. The van der Waals surface area contributed by atoms with Crippen molar-refractivity contribution in [3.05, 3.63) is 0 Å². The Morgan fingerprint density at radius 3 is 1.97 bits per heavy atom. The molecule has 0 heterocycles. The standard InChI is InChI=1S/C27H56NO8P/c1-4-5-6-7-8-9-10-11-12-13-14-15-18-25(2)34-23-26(24-36-37(30,31)35-22-20-28)33-21-17-16-19-27(29)32-3/h25-26H,4-24,28H2,1-3H3,(H,30,31)/t25?,26-/m1/s1. The van der Waals surface area contributed by atoms with Crippen LogP contribution in [0.4, 0.5) is 0 Å². The molecular formula is C27H56NO8P. The zero-order valence-corrected chi connectivity index (χ0v) is 24.7. The minimum Gasteiger partial charge on any atom is -0.469 e. The molecule has 0 saturated carbocycles. The van der Waals surface area contributed by atoms with E-state index in [0.29, 0.717) is 25.9 Å². The van der Waals surface area contributed by atoms with E-state index in [1.807, 2.05) is 6.92 Å². The zero-order valence-electron chi connectivity index (χ0n) is 23.8. The van der Waals surface area contributed by atoms with Crippen LogP contribution in [0.5, 0.6) is 0 Å². The number of hydrogen-bond donors (Lipinski definition) is 2. The Bertz CT molecular complexity index is 567. The van der Waals surface area contributed by atoms with Crippen molar-refractivity contribution in [3.8, 4) is 0 Å². The summed E-state index contributed by atoms with van der Waals surface area (Å²) in [6.45, 7) is 4.82. The Kier molecular flexibility index (Phi) is 25.3. The molecule has 222 valence electrons. The van der Waals surface area contributed by atoms with Crippen molar-refractivity contribution in [2.45, 2.75) is 129 Å². The van der Waals surface area contributed by atoms with E-state index < -0.39 is 13.9 Å². The molecule has 37 heavy (non-hydrogen) atoms. The number of hydrogen-bond acceptors (Lipinski definition) is 8. The monoisotopic (exact) mass is 553 g/mol. The largest absolute Gasteiger partial charge is 0.472 e. The van der Waals surface area contributed by atoms with E-state index in [2.05, 4.69) is 11.7 Å². The molecule has 0 amide bonds. The third-order valence-corrected chi connectivity index (χ3v) is 7.17. The molecule has 3 N–H and O–H groups in total. The van der Waals surface area contributed by atoms with Gasteiger partial charge in [-0.05, 0) is 26.2 Å². The van der Waals surface area contributed by atoms with Crippen LogP contribution in [0.3, 0.4) is 0 Å². The fourth-order valence-electron chi connectivity index (χ4n) is 3.88. The summed E-state index contributed by atoms with van der Waals surface area (Å²) in [5.41, 5.74) is 5.31. The van der Waals surface area contributed by atoms with Crippen molar-refractivity contribution >= 4 is 13.8 Å². The zero-order chi connectivity index (χ0) is 27.6. The number of esters is 1. The lowest BCUT2D eigenvalue weighted by atomic mass is 10.0. The van der Waals surface area contributed by atoms with Crippen LogP contribution < -0.4 is 5.73 Å². The van der Waals surface area contributed by atoms with Gasteiger partial charge in [0.2, 0.25) is 0 Å². The lowest BCUT2D eigenvalue weighted by molar-refractivity contribution is -0.140. The van der Waals surface area contributed by atoms with Gasteiger partial charge in [-0.1, -0.05) is 84.0 Å². The maximum atomic E-state index is 11.9. The Morgan fingerprint density at radius 1 is 0.811 bits per heavy atom. The van der Waals surface area contributed by atoms with Crippen LogP contribution in [0.25, 0.3) is 0 Å². The molecule has 0 aromatic carbocycles. The van der Waals surface area contributed by atoms with Gasteiger partial charge in [-0.2, -0.15) is 0 Å². The average molecular weight is 554 g/mol. The molecule has 10 heteroatoms. The van der Waals surface area contributed by atoms with Crippen LogP contribution in [0.2, 0.25) is 0 Å². The van der Waals surface area contributed by atoms with Crippen LogP contribution in [0.1, 0.15) is 117 Å². The quantitative estimate of drug-likeness (QED) is 0.0651. The topological polar surface area (TPSA) is 127 Å². The van der Waals surface area contributed by atoms with Crippen LogP contribution in [-0.4, -0.2) is 63.2 Å². The van der Waals surface area contributed by atoms with Gasteiger partial charge in [0.15, 0.2) is 0 Å². The number of phosphoric ester groups is 1. The number of carbonyl (C=O) groups is 1. The van der Waals surface area contributed by atoms with Crippen molar-refractivity contribution in [3.63, 3.8) is 0 Å². The number of nitrogens with two attached hydrogens (primary N) is 1. The summed E-state index contributed by atoms with van der Waals surface area (Å²) in [5.74, 6) is -0.256. The number of rotatable bonds is 28. The molecule has 0 spiro atoms. The van der Waals surface area contributed by atoms with Crippen molar-refractivity contribution in [1.29, 1.82) is 0 Å². The lowest BCUT2D eigenvalue weighted by Crippen LogP contribution is -2.28. The minimum absolute atomic E-state index is 0.0583. The highest BCUT2D eigenvalue weighted by Crippen LogP contribution is 2.43.